The monoisotopic (exact) mass is 700 g/mol. The smallest absolute Gasteiger partial charge is 0.151 e. The van der Waals surface area contributed by atoms with Gasteiger partial charge in [-0.25, -0.2) is 0 Å². The lowest BCUT2D eigenvalue weighted by molar-refractivity contribution is -0.274. The van der Waals surface area contributed by atoms with E-state index in [-0.39, 0.29) is 45.6 Å². The van der Waals surface area contributed by atoms with Crippen LogP contribution < -0.4 is 0 Å². The second-order valence-electron chi connectivity index (χ2n) is 12.7. The molecule has 1 aliphatic rings. The molecule has 10 nitrogen and oxygen atoms in total. The summed E-state index contributed by atoms with van der Waals surface area (Å²) in [6.07, 6.45) is -9.99. The number of aldehydes is 1. The van der Waals surface area contributed by atoms with Crippen LogP contribution in [-0.2, 0) is 54.9 Å². The highest BCUT2D eigenvalue weighted by molar-refractivity contribution is 5.56. The van der Waals surface area contributed by atoms with E-state index in [0.29, 0.717) is 6.61 Å². The summed E-state index contributed by atoms with van der Waals surface area (Å²) in [6, 6.07) is 39.1. The molecule has 1 fully saturated rings. The van der Waals surface area contributed by atoms with E-state index in [1.165, 1.54) is 0 Å². The van der Waals surface area contributed by atoms with Gasteiger partial charge in [-0.2, -0.15) is 0 Å². The molecule has 0 aliphatic carbocycles. The van der Waals surface area contributed by atoms with Crippen molar-refractivity contribution in [2.75, 3.05) is 6.61 Å². The largest absolute Gasteiger partial charge is 0.390 e. The standard InChI is InChI=1S/C41H48O10/c42-23-34(44)38(46)37(45)33(43)21-22-35-39(48-25-30-15-7-2-8-16-30)41(50-27-32-19-11-4-12-20-32)40(49-26-31-17-9-3-10-18-31)36(51-35)28-47-24-29-13-5-1-6-14-29/h1-20,23,33-41,43-46H,21-22,24-28H2/t33-,34-,35+,36+,37+,38+,39-,40+,41+/m0/s1. The van der Waals surface area contributed by atoms with Gasteiger partial charge in [0, 0.05) is 0 Å². The van der Waals surface area contributed by atoms with Gasteiger partial charge in [-0.3, -0.25) is 0 Å². The Hall–Kier alpha value is -3.81. The van der Waals surface area contributed by atoms with Crippen LogP contribution in [0, 0.1) is 0 Å². The maximum atomic E-state index is 11.0. The Morgan fingerprint density at radius 3 is 1.41 bits per heavy atom. The zero-order valence-corrected chi connectivity index (χ0v) is 28.5. The first-order chi connectivity index (χ1) is 24.9. The molecule has 4 aromatic rings. The number of aliphatic hydroxyl groups is 4. The molecule has 5 rings (SSSR count). The van der Waals surface area contributed by atoms with Gasteiger partial charge < -0.3 is 48.9 Å². The molecular weight excluding hydrogens is 652 g/mol. The Morgan fingerprint density at radius 2 is 0.961 bits per heavy atom. The third-order valence-electron chi connectivity index (χ3n) is 8.96. The molecule has 0 aromatic heterocycles. The zero-order valence-electron chi connectivity index (χ0n) is 28.5. The number of hydrogen-bond acceptors (Lipinski definition) is 10. The SMILES string of the molecule is O=C[C@H](O)[C@@H](O)[C@H](O)[C@@H](O)CC[C@H]1O[C@H](COCc2ccccc2)[C@@H](OCc2ccccc2)[C@H](OCc2ccccc2)[C@H]1OCc1ccccc1. The summed E-state index contributed by atoms with van der Waals surface area (Å²) in [6.45, 7) is 1.31. The van der Waals surface area contributed by atoms with E-state index in [2.05, 4.69) is 0 Å². The fourth-order valence-corrected chi connectivity index (χ4v) is 6.13. The van der Waals surface area contributed by atoms with Crippen LogP contribution in [0.3, 0.4) is 0 Å². The van der Waals surface area contributed by atoms with E-state index < -0.39 is 54.9 Å². The molecule has 4 aromatic carbocycles. The Kier molecular flexibility index (Phi) is 15.3. The van der Waals surface area contributed by atoms with Crippen molar-refractivity contribution in [3.05, 3.63) is 144 Å². The fourth-order valence-electron chi connectivity index (χ4n) is 6.13. The highest BCUT2D eigenvalue weighted by Crippen LogP contribution is 2.33. The molecule has 9 atom stereocenters. The predicted molar refractivity (Wildman–Crippen MR) is 189 cm³/mol. The van der Waals surface area contributed by atoms with E-state index in [1.807, 2.05) is 121 Å². The minimum atomic E-state index is -1.85. The number of benzene rings is 4. The first-order valence-corrected chi connectivity index (χ1v) is 17.3. The normalized spacial score (nSPS) is 22.9. The molecule has 272 valence electrons. The van der Waals surface area contributed by atoms with Crippen molar-refractivity contribution in [1.82, 2.24) is 0 Å². The Morgan fingerprint density at radius 1 is 0.549 bits per heavy atom. The molecule has 0 bridgehead atoms. The van der Waals surface area contributed by atoms with Gasteiger partial charge in [-0.05, 0) is 35.1 Å². The molecule has 1 aliphatic heterocycles. The average Bonchev–Trinajstić information content (AvgIpc) is 3.18. The summed E-state index contributed by atoms with van der Waals surface area (Å²) < 4.78 is 33.0. The summed E-state index contributed by atoms with van der Waals surface area (Å²) in [5.41, 5.74) is 3.87. The van der Waals surface area contributed by atoms with Crippen molar-refractivity contribution >= 4 is 6.29 Å². The van der Waals surface area contributed by atoms with Gasteiger partial charge in [0.25, 0.3) is 0 Å². The van der Waals surface area contributed by atoms with Gasteiger partial charge in [0.2, 0.25) is 0 Å². The van der Waals surface area contributed by atoms with Gasteiger partial charge in [0.1, 0.15) is 42.7 Å². The number of hydrogen-bond donors (Lipinski definition) is 4. The highest BCUT2D eigenvalue weighted by atomic mass is 16.6. The minimum Gasteiger partial charge on any atom is -0.390 e. The first kappa shape index (κ1) is 38.4. The Balaban J connectivity index is 1.44. The molecule has 4 N–H and O–H groups in total. The summed E-state index contributed by atoms with van der Waals surface area (Å²) in [4.78, 5) is 11.0. The van der Waals surface area contributed by atoms with Crippen molar-refractivity contribution in [3.8, 4) is 0 Å². The van der Waals surface area contributed by atoms with Gasteiger partial charge in [0.15, 0.2) is 6.29 Å². The van der Waals surface area contributed by atoms with Crippen LogP contribution in [0.1, 0.15) is 35.1 Å². The van der Waals surface area contributed by atoms with Crippen LogP contribution in [0.15, 0.2) is 121 Å². The average molecular weight is 701 g/mol. The summed E-state index contributed by atoms with van der Waals surface area (Å²) in [7, 11) is 0. The number of carbonyl (C=O) groups is 1. The third-order valence-corrected chi connectivity index (χ3v) is 8.96. The van der Waals surface area contributed by atoms with Crippen LogP contribution in [0.4, 0.5) is 0 Å². The van der Waals surface area contributed by atoms with E-state index in [9.17, 15) is 25.2 Å². The number of aliphatic hydroxyl groups excluding tert-OH is 4. The lowest BCUT2D eigenvalue weighted by Crippen LogP contribution is -2.61. The molecule has 10 heteroatoms. The summed E-state index contributed by atoms with van der Waals surface area (Å²) >= 11 is 0. The van der Waals surface area contributed by atoms with Crippen molar-refractivity contribution in [2.24, 2.45) is 0 Å². The minimum absolute atomic E-state index is 0.0434. The van der Waals surface area contributed by atoms with Crippen molar-refractivity contribution in [1.29, 1.82) is 0 Å². The predicted octanol–water partition coefficient (Wildman–Crippen LogP) is 4.15. The molecule has 51 heavy (non-hydrogen) atoms. The van der Waals surface area contributed by atoms with E-state index in [0.717, 1.165) is 22.3 Å². The van der Waals surface area contributed by atoms with E-state index >= 15 is 0 Å². The van der Waals surface area contributed by atoms with Crippen molar-refractivity contribution < 1.29 is 48.9 Å². The quantitative estimate of drug-likeness (QED) is 0.0994. The van der Waals surface area contributed by atoms with Gasteiger partial charge in [0.05, 0.1) is 45.2 Å². The lowest BCUT2D eigenvalue weighted by Gasteiger charge is -2.46. The van der Waals surface area contributed by atoms with Crippen molar-refractivity contribution in [3.63, 3.8) is 0 Å². The molecular formula is C41H48O10. The van der Waals surface area contributed by atoms with Crippen LogP contribution >= 0.6 is 0 Å². The molecule has 0 unspecified atom stereocenters. The molecule has 0 amide bonds. The molecule has 0 saturated carbocycles. The molecule has 0 spiro atoms. The summed E-state index contributed by atoms with van der Waals surface area (Å²) in [5, 5.41) is 41.3. The number of carbonyl (C=O) groups excluding carboxylic acids is 1. The van der Waals surface area contributed by atoms with E-state index in [1.54, 1.807) is 0 Å². The lowest BCUT2D eigenvalue weighted by atomic mass is 9.90. The maximum absolute atomic E-state index is 11.0. The van der Waals surface area contributed by atoms with Crippen LogP contribution in [0.2, 0.25) is 0 Å². The molecule has 0 radical (unpaired) electrons. The van der Waals surface area contributed by atoms with E-state index in [4.69, 9.17) is 23.7 Å². The second kappa shape index (κ2) is 20.3. The summed E-state index contributed by atoms with van der Waals surface area (Å²) in [5.74, 6) is 0. The zero-order chi connectivity index (χ0) is 35.8. The fraction of sp³-hybridized carbons (Fsp3) is 0.390. The van der Waals surface area contributed by atoms with Gasteiger partial charge >= 0.3 is 0 Å². The van der Waals surface area contributed by atoms with Crippen molar-refractivity contribution in [2.45, 2.75) is 94.2 Å². The molecule has 1 heterocycles. The first-order valence-electron chi connectivity index (χ1n) is 17.3. The van der Waals surface area contributed by atoms with Gasteiger partial charge in [-0.1, -0.05) is 121 Å². The Bertz CT molecular complexity index is 1530. The second-order valence-corrected chi connectivity index (χ2v) is 12.7. The van der Waals surface area contributed by atoms with Crippen LogP contribution in [0.25, 0.3) is 0 Å². The van der Waals surface area contributed by atoms with Crippen LogP contribution in [0.5, 0.6) is 0 Å². The van der Waals surface area contributed by atoms with Gasteiger partial charge in [-0.15, -0.1) is 0 Å². The maximum Gasteiger partial charge on any atom is 0.151 e. The number of ether oxygens (including phenoxy) is 5. The topological polar surface area (TPSA) is 144 Å². The molecule has 1 saturated heterocycles. The Labute approximate surface area is 299 Å². The third kappa shape index (κ3) is 11.6. The van der Waals surface area contributed by atoms with Crippen LogP contribution in [-0.4, -0.2) is 88.3 Å². The number of rotatable bonds is 20. The highest BCUT2D eigenvalue weighted by Gasteiger charge is 2.48.